The average molecular weight is 387 g/mol. The van der Waals surface area contributed by atoms with Gasteiger partial charge in [0.1, 0.15) is 16.2 Å². The van der Waals surface area contributed by atoms with E-state index in [-0.39, 0.29) is 5.56 Å². The van der Waals surface area contributed by atoms with Gasteiger partial charge in [0.2, 0.25) is 0 Å². The summed E-state index contributed by atoms with van der Waals surface area (Å²) < 4.78 is 1.81. The summed E-state index contributed by atoms with van der Waals surface area (Å²) in [4.78, 5) is 29.2. The van der Waals surface area contributed by atoms with Gasteiger partial charge in [0, 0.05) is 27.8 Å². The first-order chi connectivity index (χ1) is 12.3. The second-order valence-electron chi connectivity index (χ2n) is 5.99. The van der Waals surface area contributed by atoms with Crippen LogP contribution < -0.4 is 5.56 Å². The highest BCUT2D eigenvalue weighted by Crippen LogP contribution is 2.31. The van der Waals surface area contributed by atoms with E-state index in [0.29, 0.717) is 5.75 Å². The Morgan fingerprint density at radius 1 is 1.24 bits per heavy atom. The standard InChI is InChI=1S/C17H14N4OS3/c22-14-7-10(8-24-16-11-5-6-23-15(11)18-9-19-16)20-17-21(14)12-3-1-2-4-13(12)25-17/h5-7,9H,1-4,8H2. The fourth-order valence-corrected chi connectivity index (χ4v) is 6.14. The second-order valence-corrected chi connectivity index (χ2v) is 8.91. The van der Waals surface area contributed by atoms with Crippen LogP contribution in [0.15, 0.2) is 33.7 Å². The third-order valence-electron chi connectivity index (χ3n) is 4.40. The van der Waals surface area contributed by atoms with Crippen LogP contribution in [0, 0.1) is 0 Å². The fourth-order valence-electron chi connectivity index (χ4n) is 3.24. The number of hydrogen-bond donors (Lipinski definition) is 0. The van der Waals surface area contributed by atoms with Gasteiger partial charge in [-0.1, -0.05) is 11.8 Å². The Kier molecular flexibility index (Phi) is 3.83. The summed E-state index contributed by atoms with van der Waals surface area (Å²) >= 11 is 4.89. The van der Waals surface area contributed by atoms with E-state index < -0.39 is 0 Å². The topological polar surface area (TPSA) is 60.2 Å². The van der Waals surface area contributed by atoms with Crippen LogP contribution in [0.5, 0.6) is 0 Å². The number of thioether (sulfide) groups is 1. The molecule has 0 spiro atoms. The average Bonchev–Trinajstić information content (AvgIpc) is 3.24. The quantitative estimate of drug-likeness (QED) is 0.394. The number of rotatable bonds is 3. The molecule has 5 rings (SSSR count). The van der Waals surface area contributed by atoms with Gasteiger partial charge in [-0.05, 0) is 37.1 Å². The van der Waals surface area contributed by atoms with Crippen LogP contribution in [0.1, 0.15) is 29.1 Å². The third-order valence-corrected chi connectivity index (χ3v) is 7.40. The molecule has 0 aliphatic heterocycles. The van der Waals surface area contributed by atoms with E-state index in [1.54, 1.807) is 46.8 Å². The van der Waals surface area contributed by atoms with Crippen LogP contribution >= 0.6 is 34.4 Å². The summed E-state index contributed by atoms with van der Waals surface area (Å²) in [6.07, 6.45) is 6.03. The Hall–Kier alpha value is -1.77. The number of aryl methyl sites for hydroxylation is 2. The molecule has 0 unspecified atom stereocenters. The Morgan fingerprint density at radius 2 is 2.16 bits per heavy atom. The highest BCUT2D eigenvalue weighted by Gasteiger charge is 2.18. The van der Waals surface area contributed by atoms with Crippen molar-refractivity contribution in [1.29, 1.82) is 0 Å². The zero-order valence-corrected chi connectivity index (χ0v) is 15.7. The molecule has 8 heteroatoms. The number of nitrogens with zero attached hydrogens (tertiary/aromatic N) is 4. The molecule has 1 aliphatic rings. The van der Waals surface area contributed by atoms with Crippen molar-refractivity contribution >= 4 is 49.6 Å². The van der Waals surface area contributed by atoms with E-state index in [1.165, 1.54) is 17.0 Å². The lowest BCUT2D eigenvalue weighted by molar-refractivity contribution is 0.670. The van der Waals surface area contributed by atoms with Crippen LogP contribution in [-0.2, 0) is 18.6 Å². The number of aromatic nitrogens is 4. The minimum absolute atomic E-state index is 0.0448. The fraction of sp³-hybridized carbons (Fsp3) is 0.294. The van der Waals surface area contributed by atoms with Crippen LogP contribution in [-0.4, -0.2) is 19.4 Å². The maximum absolute atomic E-state index is 12.6. The van der Waals surface area contributed by atoms with Crippen LogP contribution in [0.4, 0.5) is 0 Å². The molecule has 0 saturated heterocycles. The largest absolute Gasteiger partial charge is 0.269 e. The minimum Gasteiger partial charge on any atom is -0.269 e. The van der Waals surface area contributed by atoms with Crippen molar-refractivity contribution in [1.82, 2.24) is 19.4 Å². The highest BCUT2D eigenvalue weighted by molar-refractivity contribution is 7.98. The summed E-state index contributed by atoms with van der Waals surface area (Å²) in [7, 11) is 0. The summed E-state index contributed by atoms with van der Waals surface area (Å²) in [5.74, 6) is 0.635. The van der Waals surface area contributed by atoms with Crippen molar-refractivity contribution in [2.45, 2.75) is 36.5 Å². The number of hydrogen-bond acceptors (Lipinski definition) is 7. The van der Waals surface area contributed by atoms with Gasteiger partial charge in [0.15, 0.2) is 4.96 Å². The summed E-state index contributed by atoms with van der Waals surface area (Å²) in [6, 6.07) is 3.72. The number of thiazole rings is 1. The molecule has 0 radical (unpaired) electrons. The smallest absolute Gasteiger partial charge is 0.259 e. The zero-order valence-electron chi connectivity index (χ0n) is 13.3. The van der Waals surface area contributed by atoms with Crippen molar-refractivity contribution in [3.8, 4) is 0 Å². The number of fused-ring (bicyclic) bond motifs is 4. The molecule has 0 amide bonds. The Labute approximate surface area is 155 Å². The van der Waals surface area contributed by atoms with Crippen LogP contribution in [0.2, 0.25) is 0 Å². The van der Waals surface area contributed by atoms with E-state index in [2.05, 4.69) is 9.97 Å². The first kappa shape index (κ1) is 15.5. The van der Waals surface area contributed by atoms with Crippen molar-refractivity contribution < 1.29 is 0 Å². The van der Waals surface area contributed by atoms with E-state index in [4.69, 9.17) is 4.98 Å². The van der Waals surface area contributed by atoms with Gasteiger partial charge >= 0.3 is 0 Å². The van der Waals surface area contributed by atoms with Gasteiger partial charge in [-0.25, -0.2) is 15.0 Å². The van der Waals surface area contributed by atoms with E-state index >= 15 is 0 Å². The molecule has 0 N–H and O–H groups in total. The van der Waals surface area contributed by atoms with Gasteiger partial charge in [-0.3, -0.25) is 9.20 Å². The highest BCUT2D eigenvalue weighted by atomic mass is 32.2. The normalized spacial score (nSPS) is 14.2. The third kappa shape index (κ3) is 2.68. The first-order valence-corrected chi connectivity index (χ1v) is 10.8. The van der Waals surface area contributed by atoms with Crippen LogP contribution in [0.3, 0.4) is 0 Å². The molecule has 4 aromatic heterocycles. The lowest BCUT2D eigenvalue weighted by Crippen LogP contribution is -2.17. The first-order valence-electron chi connectivity index (χ1n) is 8.14. The van der Waals surface area contributed by atoms with Gasteiger partial charge < -0.3 is 0 Å². The minimum atomic E-state index is 0.0448. The summed E-state index contributed by atoms with van der Waals surface area (Å²) in [5, 5.41) is 4.04. The van der Waals surface area contributed by atoms with E-state index in [0.717, 1.165) is 45.2 Å². The van der Waals surface area contributed by atoms with Crippen LogP contribution in [0.25, 0.3) is 15.2 Å². The van der Waals surface area contributed by atoms with Crippen molar-refractivity contribution in [3.63, 3.8) is 0 Å². The van der Waals surface area contributed by atoms with E-state index in [9.17, 15) is 4.79 Å². The molecule has 0 fully saturated rings. The Bertz CT molecular complexity index is 1140. The number of thiophene rings is 1. The molecule has 1 aliphatic carbocycles. The zero-order chi connectivity index (χ0) is 16.8. The molecule has 126 valence electrons. The molecule has 4 heterocycles. The molecule has 0 bridgehead atoms. The van der Waals surface area contributed by atoms with Crippen molar-refractivity contribution in [2.24, 2.45) is 0 Å². The van der Waals surface area contributed by atoms with Gasteiger partial charge in [-0.15, -0.1) is 22.7 Å². The molecule has 25 heavy (non-hydrogen) atoms. The van der Waals surface area contributed by atoms with Gasteiger partial charge in [-0.2, -0.15) is 0 Å². The maximum atomic E-state index is 12.6. The molecule has 0 saturated carbocycles. The molecule has 5 nitrogen and oxygen atoms in total. The van der Waals surface area contributed by atoms with Gasteiger partial charge in [0.25, 0.3) is 5.56 Å². The lowest BCUT2D eigenvalue weighted by Gasteiger charge is -2.10. The maximum Gasteiger partial charge on any atom is 0.259 e. The molecular weight excluding hydrogens is 372 g/mol. The second kappa shape index (κ2) is 6.19. The van der Waals surface area contributed by atoms with Gasteiger partial charge in [0.05, 0.1) is 5.69 Å². The van der Waals surface area contributed by atoms with Crippen molar-refractivity contribution in [2.75, 3.05) is 0 Å². The summed E-state index contributed by atoms with van der Waals surface area (Å²) in [5.41, 5.74) is 2.04. The SMILES string of the molecule is O=c1cc(CSc2ncnc3sccc23)nc2sc3c(n12)CCCC3. The Morgan fingerprint density at radius 3 is 3.12 bits per heavy atom. The predicted molar refractivity (Wildman–Crippen MR) is 103 cm³/mol. The lowest BCUT2D eigenvalue weighted by atomic mass is 10.0. The molecular formula is C17H14N4OS3. The summed E-state index contributed by atoms with van der Waals surface area (Å²) in [6.45, 7) is 0. The molecule has 0 aromatic carbocycles. The predicted octanol–water partition coefficient (Wildman–Crippen LogP) is 3.93. The van der Waals surface area contributed by atoms with E-state index in [1.807, 2.05) is 15.8 Å². The molecule has 4 aromatic rings. The molecule has 0 atom stereocenters. The monoisotopic (exact) mass is 386 g/mol. The van der Waals surface area contributed by atoms with Crippen molar-refractivity contribution in [3.05, 3.63) is 50.5 Å². The Balaban J connectivity index is 1.49.